The highest BCUT2D eigenvalue weighted by molar-refractivity contribution is 9.10. The van der Waals surface area contributed by atoms with E-state index in [2.05, 4.69) is 26.5 Å². The number of rotatable bonds is 3. The minimum atomic E-state index is -4.53. The average molecular weight is 387 g/mol. The number of halogens is 4. The number of carbonyl (C=O) groups is 1. The van der Waals surface area contributed by atoms with Crippen LogP contribution in [0, 0.1) is 0 Å². The van der Waals surface area contributed by atoms with Crippen LogP contribution in [0.5, 0.6) is 5.75 Å². The highest BCUT2D eigenvalue weighted by atomic mass is 79.9. The summed E-state index contributed by atoms with van der Waals surface area (Å²) in [5.41, 5.74) is 1.36. The van der Waals surface area contributed by atoms with Crippen molar-refractivity contribution >= 4 is 28.1 Å². The molecule has 8 heteroatoms. The first kappa shape index (κ1) is 17.0. The van der Waals surface area contributed by atoms with Gasteiger partial charge in [0.15, 0.2) is 0 Å². The second kappa shape index (κ2) is 6.82. The lowest BCUT2D eigenvalue weighted by atomic mass is 10.1. The van der Waals surface area contributed by atoms with Crippen LogP contribution in [-0.2, 0) is 6.18 Å². The van der Waals surface area contributed by atoms with Gasteiger partial charge in [0.25, 0.3) is 5.91 Å². The number of aromatic hydroxyl groups is 1. The van der Waals surface area contributed by atoms with Crippen molar-refractivity contribution in [3.63, 3.8) is 0 Å². The Morgan fingerprint density at radius 1 is 1.22 bits per heavy atom. The fraction of sp³-hybridized carbons (Fsp3) is 0.0667. The highest BCUT2D eigenvalue weighted by Gasteiger charge is 2.30. The SMILES string of the molecule is O=C(N/N=C\c1cc(Br)ccc1O)c1cccc(C(F)(F)F)c1. The van der Waals surface area contributed by atoms with Gasteiger partial charge in [-0.2, -0.15) is 18.3 Å². The summed E-state index contributed by atoms with van der Waals surface area (Å²) in [5.74, 6) is -0.841. The van der Waals surface area contributed by atoms with Crippen LogP contribution in [0.25, 0.3) is 0 Å². The van der Waals surface area contributed by atoms with Gasteiger partial charge in [0.1, 0.15) is 5.75 Å². The third-order valence-corrected chi connectivity index (χ3v) is 3.30. The van der Waals surface area contributed by atoms with E-state index < -0.39 is 17.6 Å². The Bertz CT molecular complexity index is 761. The highest BCUT2D eigenvalue weighted by Crippen LogP contribution is 2.29. The molecule has 0 aliphatic rings. The maximum Gasteiger partial charge on any atom is 0.416 e. The van der Waals surface area contributed by atoms with Gasteiger partial charge in [0.2, 0.25) is 0 Å². The summed E-state index contributed by atoms with van der Waals surface area (Å²) in [5, 5.41) is 13.2. The molecule has 2 N–H and O–H groups in total. The zero-order valence-electron chi connectivity index (χ0n) is 11.4. The van der Waals surface area contributed by atoms with Crippen LogP contribution >= 0.6 is 15.9 Å². The third kappa shape index (κ3) is 4.56. The van der Waals surface area contributed by atoms with E-state index in [1.165, 1.54) is 18.3 Å². The van der Waals surface area contributed by atoms with E-state index in [1.807, 2.05) is 0 Å². The number of amides is 1. The van der Waals surface area contributed by atoms with E-state index in [1.54, 1.807) is 12.1 Å². The molecule has 0 heterocycles. The van der Waals surface area contributed by atoms with Gasteiger partial charge in [-0.3, -0.25) is 4.79 Å². The number of alkyl halides is 3. The predicted molar refractivity (Wildman–Crippen MR) is 82.3 cm³/mol. The van der Waals surface area contributed by atoms with Crippen LogP contribution in [0.3, 0.4) is 0 Å². The molecule has 4 nitrogen and oxygen atoms in total. The van der Waals surface area contributed by atoms with Crippen molar-refractivity contribution in [2.24, 2.45) is 5.10 Å². The lowest BCUT2D eigenvalue weighted by Crippen LogP contribution is -2.18. The van der Waals surface area contributed by atoms with Crippen LogP contribution in [0.4, 0.5) is 13.2 Å². The second-order valence-electron chi connectivity index (χ2n) is 4.48. The fourth-order valence-corrected chi connectivity index (χ4v) is 2.07. The Kier molecular flexibility index (Phi) is 5.05. The Morgan fingerprint density at radius 3 is 2.65 bits per heavy atom. The molecule has 0 unspecified atom stereocenters. The molecule has 23 heavy (non-hydrogen) atoms. The summed E-state index contributed by atoms with van der Waals surface area (Å²) in [6.45, 7) is 0. The molecule has 2 aromatic rings. The van der Waals surface area contributed by atoms with Crippen LogP contribution in [0.15, 0.2) is 52.0 Å². The van der Waals surface area contributed by atoms with Crippen molar-refractivity contribution in [1.29, 1.82) is 0 Å². The number of nitrogens with zero attached hydrogens (tertiary/aromatic N) is 1. The summed E-state index contributed by atoms with van der Waals surface area (Å²) >= 11 is 3.21. The Morgan fingerprint density at radius 2 is 1.96 bits per heavy atom. The number of nitrogens with one attached hydrogen (secondary N) is 1. The monoisotopic (exact) mass is 386 g/mol. The molecule has 0 saturated carbocycles. The van der Waals surface area contributed by atoms with Crippen molar-refractivity contribution in [2.75, 3.05) is 0 Å². The van der Waals surface area contributed by atoms with E-state index in [0.717, 1.165) is 18.2 Å². The average Bonchev–Trinajstić information content (AvgIpc) is 2.50. The van der Waals surface area contributed by atoms with Gasteiger partial charge in [-0.05, 0) is 36.4 Å². The van der Waals surface area contributed by atoms with E-state index in [4.69, 9.17) is 0 Å². The molecule has 0 atom stereocenters. The van der Waals surface area contributed by atoms with Crippen molar-refractivity contribution in [2.45, 2.75) is 6.18 Å². The minimum absolute atomic E-state index is 0.0507. The van der Waals surface area contributed by atoms with Gasteiger partial charge in [0.05, 0.1) is 11.8 Å². The lowest BCUT2D eigenvalue weighted by molar-refractivity contribution is -0.137. The van der Waals surface area contributed by atoms with Gasteiger partial charge >= 0.3 is 6.18 Å². The fourth-order valence-electron chi connectivity index (χ4n) is 1.69. The summed E-state index contributed by atoms with van der Waals surface area (Å²) in [6, 6.07) is 8.61. The normalized spacial score (nSPS) is 11.7. The molecular formula is C15H10BrF3N2O2. The van der Waals surface area contributed by atoms with Crippen LogP contribution < -0.4 is 5.43 Å². The van der Waals surface area contributed by atoms with Crippen molar-refractivity contribution in [1.82, 2.24) is 5.43 Å². The summed E-state index contributed by atoms with van der Waals surface area (Å²) in [7, 11) is 0. The molecule has 0 radical (unpaired) electrons. The molecule has 0 saturated heterocycles. The van der Waals surface area contributed by atoms with Gasteiger partial charge < -0.3 is 5.11 Å². The molecule has 0 bridgehead atoms. The molecule has 1 amide bonds. The molecule has 2 aromatic carbocycles. The van der Waals surface area contributed by atoms with E-state index in [9.17, 15) is 23.1 Å². The number of hydrazone groups is 1. The summed E-state index contributed by atoms with van der Waals surface area (Å²) < 4.78 is 38.5. The lowest BCUT2D eigenvalue weighted by Gasteiger charge is -2.07. The van der Waals surface area contributed by atoms with Crippen LogP contribution in [-0.4, -0.2) is 17.2 Å². The Balaban J connectivity index is 2.11. The standard InChI is InChI=1S/C15H10BrF3N2O2/c16-12-4-5-13(22)10(7-12)8-20-21-14(23)9-2-1-3-11(6-9)15(17,18)19/h1-8,22H,(H,21,23)/b20-8-. The van der Waals surface area contributed by atoms with E-state index >= 15 is 0 Å². The molecule has 120 valence electrons. The minimum Gasteiger partial charge on any atom is -0.507 e. The summed E-state index contributed by atoms with van der Waals surface area (Å²) in [4.78, 5) is 11.8. The zero-order chi connectivity index (χ0) is 17.0. The number of hydrogen-bond donors (Lipinski definition) is 2. The van der Waals surface area contributed by atoms with Gasteiger partial charge in [-0.15, -0.1) is 0 Å². The van der Waals surface area contributed by atoms with Crippen molar-refractivity contribution in [3.8, 4) is 5.75 Å². The first-order valence-electron chi connectivity index (χ1n) is 6.26. The smallest absolute Gasteiger partial charge is 0.416 e. The second-order valence-corrected chi connectivity index (χ2v) is 5.40. The Hall–Kier alpha value is -2.35. The molecule has 0 aromatic heterocycles. The molecule has 2 rings (SSSR count). The first-order chi connectivity index (χ1) is 10.8. The third-order valence-electron chi connectivity index (χ3n) is 2.81. The topological polar surface area (TPSA) is 61.7 Å². The number of phenols is 1. The first-order valence-corrected chi connectivity index (χ1v) is 7.06. The van der Waals surface area contributed by atoms with Crippen molar-refractivity contribution < 1.29 is 23.1 Å². The molecule has 0 aliphatic carbocycles. The van der Waals surface area contributed by atoms with Crippen LogP contribution in [0.2, 0.25) is 0 Å². The van der Waals surface area contributed by atoms with Crippen LogP contribution in [0.1, 0.15) is 21.5 Å². The van der Waals surface area contributed by atoms with Gasteiger partial charge in [0, 0.05) is 15.6 Å². The molecular weight excluding hydrogens is 377 g/mol. The molecule has 0 spiro atoms. The number of carbonyl (C=O) groups excluding carboxylic acids is 1. The zero-order valence-corrected chi connectivity index (χ0v) is 13.0. The van der Waals surface area contributed by atoms with E-state index in [-0.39, 0.29) is 11.3 Å². The van der Waals surface area contributed by atoms with E-state index in [0.29, 0.717) is 10.0 Å². The molecule has 0 aliphatic heterocycles. The largest absolute Gasteiger partial charge is 0.507 e. The van der Waals surface area contributed by atoms with Gasteiger partial charge in [-0.1, -0.05) is 22.0 Å². The Labute approximate surface area is 137 Å². The predicted octanol–water partition coefficient (Wildman–Crippen LogP) is 3.94. The number of hydrogen-bond acceptors (Lipinski definition) is 3. The quantitative estimate of drug-likeness (QED) is 0.619. The maximum atomic E-state index is 12.6. The number of phenolic OH excluding ortho intramolecular Hbond substituents is 1. The molecule has 0 fully saturated rings. The number of benzene rings is 2. The summed E-state index contributed by atoms with van der Waals surface area (Å²) in [6.07, 6.45) is -3.34. The maximum absolute atomic E-state index is 12.6. The van der Waals surface area contributed by atoms with Crippen molar-refractivity contribution in [3.05, 3.63) is 63.6 Å². The van der Waals surface area contributed by atoms with Gasteiger partial charge in [-0.25, -0.2) is 5.43 Å².